The van der Waals surface area contributed by atoms with Crippen molar-refractivity contribution >= 4 is 26.8 Å². The topological polar surface area (TPSA) is 80.6 Å². The molecule has 1 aromatic heterocycles. The van der Waals surface area contributed by atoms with Crippen molar-refractivity contribution in [1.82, 2.24) is 14.2 Å². The lowest BCUT2D eigenvalue weighted by Crippen LogP contribution is -2.37. The molecule has 8 heteroatoms. The third-order valence-electron chi connectivity index (χ3n) is 6.25. The highest BCUT2D eigenvalue weighted by atomic mass is 32.2. The summed E-state index contributed by atoms with van der Waals surface area (Å²) in [6, 6.07) is 7.19. The van der Waals surface area contributed by atoms with Crippen LogP contribution in [-0.2, 0) is 26.1 Å². The normalized spacial score (nSPS) is 21.3. The summed E-state index contributed by atoms with van der Waals surface area (Å²) in [6.07, 6.45) is 6.32. The van der Waals surface area contributed by atoms with Crippen LogP contribution in [0, 0.1) is 5.92 Å². The Labute approximate surface area is 178 Å². The first-order chi connectivity index (χ1) is 14.4. The Hall–Kier alpha value is -1.90. The second-order valence-electron chi connectivity index (χ2n) is 8.51. The highest BCUT2D eigenvalue weighted by Crippen LogP contribution is 2.26. The van der Waals surface area contributed by atoms with Crippen LogP contribution >= 0.6 is 0 Å². The van der Waals surface area contributed by atoms with Crippen molar-refractivity contribution in [2.75, 3.05) is 26.2 Å². The van der Waals surface area contributed by atoms with Gasteiger partial charge < -0.3 is 14.6 Å². The highest BCUT2D eigenvalue weighted by Gasteiger charge is 2.28. The van der Waals surface area contributed by atoms with Crippen molar-refractivity contribution in [2.45, 2.75) is 56.6 Å². The third-order valence-corrected chi connectivity index (χ3v) is 8.15. The number of piperidine rings is 1. The van der Waals surface area contributed by atoms with Gasteiger partial charge in [0.1, 0.15) is 0 Å². The van der Waals surface area contributed by atoms with Gasteiger partial charge in [-0.15, -0.1) is 0 Å². The number of benzene rings is 1. The van der Waals surface area contributed by atoms with E-state index in [2.05, 4.69) is 12.2 Å². The van der Waals surface area contributed by atoms with E-state index < -0.39 is 10.0 Å². The largest absolute Gasteiger partial charge is 0.376 e. The van der Waals surface area contributed by atoms with Crippen LogP contribution < -0.4 is 5.32 Å². The van der Waals surface area contributed by atoms with E-state index >= 15 is 0 Å². The molecule has 1 amide bonds. The summed E-state index contributed by atoms with van der Waals surface area (Å²) in [4.78, 5) is 12.5. The second kappa shape index (κ2) is 9.08. The Kier molecular flexibility index (Phi) is 6.46. The number of nitrogens with one attached hydrogen (secondary N) is 1. The number of fused-ring (bicyclic) bond motifs is 1. The van der Waals surface area contributed by atoms with Crippen molar-refractivity contribution in [3.63, 3.8) is 0 Å². The molecule has 0 spiro atoms. The molecule has 2 aliphatic heterocycles. The van der Waals surface area contributed by atoms with E-state index in [0.717, 1.165) is 43.2 Å². The maximum absolute atomic E-state index is 13.0. The van der Waals surface area contributed by atoms with Gasteiger partial charge in [-0.05, 0) is 55.9 Å². The Bertz CT molecular complexity index is 987. The molecule has 30 heavy (non-hydrogen) atoms. The summed E-state index contributed by atoms with van der Waals surface area (Å²) in [5.41, 5.74) is 0.938. The molecule has 1 atom stereocenters. The number of carbonyl (C=O) groups excluding carboxylic acids is 1. The zero-order valence-electron chi connectivity index (χ0n) is 17.5. The Balaban J connectivity index is 1.39. The number of aryl methyl sites for hydroxylation is 1. The smallest absolute Gasteiger partial charge is 0.243 e. The van der Waals surface area contributed by atoms with E-state index in [1.165, 1.54) is 0 Å². The predicted molar refractivity (Wildman–Crippen MR) is 116 cm³/mol. The number of nitrogens with zero attached hydrogens (tertiary/aromatic N) is 2. The number of hydrogen-bond acceptors (Lipinski definition) is 4. The van der Waals surface area contributed by atoms with Gasteiger partial charge in [0.05, 0.1) is 11.0 Å². The molecule has 0 bridgehead atoms. The molecule has 7 nitrogen and oxygen atoms in total. The minimum absolute atomic E-state index is 0.00544. The van der Waals surface area contributed by atoms with Crippen LogP contribution in [0.1, 0.15) is 39.0 Å². The molecule has 0 saturated carbocycles. The molecule has 2 fully saturated rings. The number of carbonyl (C=O) groups is 1. The molecule has 0 aliphatic carbocycles. The minimum atomic E-state index is -3.46. The Morgan fingerprint density at radius 2 is 2.00 bits per heavy atom. The lowest BCUT2D eigenvalue weighted by atomic mass is 10.0. The molecule has 0 radical (unpaired) electrons. The quantitative estimate of drug-likeness (QED) is 0.728. The van der Waals surface area contributed by atoms with Gasteiger partial charge in [-0.3, -0.25) is 4.79 Å². The fourth-order valence-electron chi connectivity index (χ4n) is 4.25. The average Bonchev–Trinajstić information content (AvgIpc) is 3.40. The molecule has 2 saturated heterocycles. The molecular formula is C22H31N3O4S. The second-order valence-corrected chi connectivity index (χ2v) is 10.4. The van der Waals surface area contributed by atoms with Crippen LogP contribution in [0.25, 0.3) is 10.9 Å². The molecule has 2 aliphatic rings. The van der Waals surface area contributed by atoms with E-state index in [1.807, 2.05) is 22.9 Å². The lowest BCUT2D eigenvalue weighted by Gasteiger charge is -2.29. The highest BCUT2D eigenvalue weighted by molar-refractivity contribution is 7.89. The summed E-state index contributed by atoms with van der Waals surface area (Å²) in [7, 11) is -3.46. The van der Waals surface area contributed by atoms with Gasteiger partial charge >= 0.3 is 0 Å². The van der Waals surface area contributed by atoms with E-state index in [1.54, 1.807) is 16.4 Å². The van der Waals surface area contributed by atoms with Crippen molar-refractivity contribution < 1.29 is 17.9 Å². The van der Waals surface area contributed by atoms with Gasteiger partial charge in [0.15, 0.2) is 0 Å². The first kappa shape index (κ1) is 21.3. The summed E-state index contributed by atoms with van der Waals surface area (Å²) >= 11 is 0. The van der Waals surface area contributed by atoms with E-state index in [-0.39, 0.29) is 12.0 Å². The zero-order chi connectivity index (χ0) is 21.1. The van der Waals surface area contributed by atoms with Gasteiger partial charge in [0, 0.05) is 56.3 Å². The van der Waals surface area contributed by atoms with Crippen LogP contribution in [0.4, 0.5) is 0 Å². The van der Waals surface area contributed by atoms with Crippen LogP contribution in [0.2, 0.25) is 0 Å². The minimum Gasteiger partial charge on any atom is -0.376 e. The van der Waals surface area contributed by atoms with Crippen LogP contribution in [0.3, 0.4) is 0 Å². The number of amides is 1. The summed E-state index contributed by atoms with van der Waals surface area (Å²) in [5.74, 6) is 0.585. The maximum atomic E-state index is 13.0. The number of aromatic nitrogens is 1. The van der Waals surface area contributed by atoms with Gasteiger partial charge in [-0.2, -0.15) is 4.31 Å². The fourth-order valence-corrected chi connectivity index (χ4v) is 5.76. The SMILES string of the molecule is CC1CCN(S(=O)(=O)c2ccc3c(ccn3CCC(=O)NC[C@H]3CCCO3)c2)CC1. The monoisotopic (exact) mass is 433 g/mol. The van der Waals surface area contributed by atoms with E-state index in [4.69, 9.17) is 4.74 Å². The standard InChI is InChI=1S/C22H31N3O4S/c1-17-6-12-25(13-7-17)30(27,28)20-4-5-21-18(15-20)8-10-24(21)11-9-22(26)23-16-19-3-2-14-29-19/h4-5,8,10,15,17,19H,2-3,6-7,9,11-14,16H2,1H3,(H,23,26)/t19-/m1/s1. The number of sulfonamides is 1. The van der Waals surface area contributed by atoms with Gasteiger partial charge in [0.2, 0.25) is 15.9 Å². The first-order valence-corrected chi connectivity index (χ1v) is 12.3. The molecular weight excluding hydrogens is 402 g/mol. The molecule has 164 valence electrons. The molecule has 3 heterocycles. The van der Waals surface area contributed by atoms with Crippen LogP contribution in [-0.4, -0.2) is 55.5 Å². The van der Waals surface area contributed by atoms with Crippen molar-refractivity contribution in [1.29, 1.82) is 0 Å². The van der Waals surface area contributed by atoms with Gasteiger partial charge in [-0.1, -0.05) is 6.92 Å². The zero-order valence-corrected chi connectivity index (χ0v) is 18.4. The molecule has 1 N–H and O–H groups in total. The predicted octanol–water partition coefficient (Wildman–Crippen LogP) is 2.75. The van der Waals surface area contributed by atoms with E-state index in [0.29, 0.717) is 43.4 Å². The van der Waals surface area contributed by atoms with Crippen molar-refractivity contribution in [3.8, 4) is 0 Å². The van der Waals surface area contributed by atoms with E-state index in [9.17, 15) is 13.2 Å². The Morgan fingerprint density at radius 3 is 2.73 bits per heavy atom. The number of hydrogen-bond donors (Lipinski definition) is 1. The number of ether oxygens (including phenoxy) is 1. The van der Waals surface area contributed by atoms with Crippen LogP contribution in [0.15, 0.2) is 35.4 Å². The summed E-state index contributed by atoms with van der Waals surface area (Å²) in [6.45, 7) is 5.25. The summed E-state index contributed by atoms with van der Waals surface area (Å²) < 4.78 is 35.1. The summed E-state index contributed by atoms with van der Waals surface area (Å²) in [5, 5.41) is 3.82. The Morgan fingerprint density at radius 1 is 1.20 bits per heavy atom. The van der Waals surface area contributed by atoms with Crippen LogP contribution in [0.5, 0.6) is 0 Å². The van der Waals surface area contributed by atoms with Crippen molar-refractivity contribution in [2.24, 2.45) is 5.92 Å². The molecule has 4 rings (SSSR count). The average molecular weight is 434 g/mol. The number of rotatable bonds is 7. The van der Waals surface area contributed by atoms with Crippen molar-refractivity contribution in [3.05, 3.63) is 30.5 Å². The molecule has 0 unspecified atom stereocenters. The van der Waals surface area contributed by atoms with Gasteiger partial charge in [-0.25, -0.2) is 8.42 Å². The maximum Gasteiger partial charge on any atom is 0.243 e. The lowest BCUT2D eigenvalue weighted by molar-refractivity contribution is -0.121. The molecule has 2 aromatic rings. The molecule has 1 aromatic carbocycles. The fraction of sp³-hybridized carbons (Fsp3) is 0.591. The van der Waals surface area contributed by atoms with Gasteiger partial charge in [0.25, 0.3) is 0 Å². The third kappa shape index (κ3) is 4.71. The first-order valence-electron chi connectivity index (χ1n) is 10.9.